The first-order valence-corrected chi connectivity index (χ1v) is 10.1. The van der Waals surface area contributed by atoms with Crippen LogP contribution in [-0.4, -0.2) is 56.8 Å². The maximum absolute atomic E-state index is 13.5. The third kappa shape index (κ3) is 7.56. The molecule has 0 heterocycles. The SMILES string of the molecule is CCOc1cc(/C=N/NC(=O)COc2ccccc2F)cc(Br)c1OCC(=O)N(C)C. The van der Waals surface area contributed by atoms with Crippen LogP contribution < -0.4 is 19.6 Å². The van der Waals surface area contributed by atoms with Gasteiger partial charge in [-0.05, 0) is 52.7 Å². The molecule has 166 valence electrons. The average molecular weight is 496 g/mol. The monoisotopic (exact) mass is 495 g/mol. The predicted molar refractivity (Wildman–Crippen MR) is 117 cm³/mol. The van der Waals surface area contributed by atoms with Crippen LogP contribution in [0.4, 0.5) is 4.39 Å². The summed E-state index contributed by atoms with van der Waals surface area (Å²) >= 11 is 3.40. The molecule has 0 spiro atoms. The van der Waals surface area contributed by atoms with Crippen LogP contribution in [0.3, 0.4) is 0 Å². The minimum absolute atomic E-state index is 0.0183. The van der Waals surface area contributed by atoms with Gasteiger partial charge in [0.25, 0.3) is 11.8 Å². The van der Waals surface area contributed by atoms with Crippen LogP contribution in [0, 0.1) is 5.82 Å². The van der Waals surface area contributed by atoms with E-state index < -0.39 is 18.3 Å². The topological polar surface area (TPSA) is 89.5 Å². The Morgan fingerprint density at radius 1 is 1.13 bits per heavy atom. The molecule has 0 radical (unpaired) electrons. The van der Waals surface area contributed by atoms with Gasteiger partial charge in [-0.3, -0.25) is 9.59 Å². The second kappa shape index (κ2) is 11.9. The number of likely N-dealkylation sites (N-methyl/N-ethyl adjacent to an activating group) is 1. The lowest BCUT2D eigenvalue weighted by Gasteiger charge is -2.16. The lowest BCUT2D eigenvalue weighted by molar-refractivity contribution is -0.130. The Morgan fingerprint density at radius 2 is 1.87 bits per heavy atom. The van der Waals surface area contributed by atoms with Gasteiger partial charge in [0, 0.05) is 14.1 Å². The first-order valence-electron chi connectivity index (χ1n) is 9.30. The van der Waals surface area contributed by atoms with Crippen LogP contribution in [0.15, 0.2) is 46.0 Å². The molecule has 0 aliphatic carbocycles. The fraction of sp³-hybridized carbons (Fsp3) is 0.286. The fourth-order valence-corrected chi connectivity index (χ4v) is 2.82. The van der Waals surface area contributed by atoms with Crippen molar-refractivity contribution in [3.8, 4) is 17.2 Å². The fourth-order valence-electron chi connectivity index (χ4n) is 2.24. The quantitative estimate of drug-likeness (QED) is 0.404. The molecule has 2 rings (SSSR count). The van der Waals surface area contributed by atoms with Crippen molar-refractivity contribution in [3.05, 3.63) is 52.3 Å². The highest BCUT2D eigenvalue weighted by Crippen LogP contribution is 2.36. The summed E-state index contributed by atoms with van der Waals surface area (Å²) < 4.78 is 30.4. The van der Waals surface area contributed by atoms with Gasteiger partial charge in [-0.1, -0.05) is 12.1 Å². The Kier molecular flexibility index (Phi) is 9.26. The van der Waals surface area contributed by atoms with Crippen molar-refractivity contribution in [1.29, 1.82) is 0 Å². The smallest absolute Gasteiger partial charge is 0.277 e. The predicted octanol–water partition coefficient (Wildman–Crippen LogP) is 2.98. The molecule has 2 aromatic rings. The van der Waals surface area contributed by atoms with Crippen LogP contribution in [-0.2, 0) is 9.59 Å². The molecule has 2 amide bonds. The molecular weight excluding hydrogens is 473 g/mol. The molecule has 31 heavy (non-hydrogen) atoms. The van der Waals surface area contributed by atoms with Crippen LogP contribution >= 0.6 is 15.9 Å². The molecule has 0 aliphatic rings. The largest absolute Gasteiger partial charge is 0.490 e. The summed E-state index contributed by atoms with van der Waals surface area (Å²) in [7, 11) is 3.28. The second-order valence-corrected chi connectivity index (χ2v) is 7.21. The zero-order valence-electron chi connectivity index (χ0n) is 17.4. The minimum Gasteiger partial charge on any atom is -0.490 e. The van der Waals surface area contributed by atoms with Crippen LogP contribution in [0.25, 0.3) is 0 Å². The Labute approximate surface area is 188 Å². The van der Waals surface area contributed by atoms with E-state index >= 15 is 0 Å². The normalized spacial score (nSPS) is 10.6. The second-order valence-electron chi connectivity index (χ2n) is 6.35. The summed E-state index contributed by atoms with van der Waals surface area (Å²) in [5.41, 5.74) is 2.91. The third-order valence-corrected chi connectivity index (χ3v) is 4.36. The number of rotatable bonds is 10. The Balaban J connectivity index is 2.00. The third-order valence-electron chi connectivity index (χ3n) is 3.77. The summed E-state index contributed by atoms with van der Waals surface area (Å²) in [6.45, 7) is 1.67. The van der Waals surface area contributed by atoms with Crippen LogP contribution in [0.1, 0.15) is 12.5 Å². The molecule has 0 aliphatic heterocycles. The van der Waals surface area contributed by atoms with Crippen molar-refractivity contribution in [3.63, 3.8) is 0 Å². The number of carbonyl (C=O) groups excluding carboxylic acids is 2. The molecule has 0 unspecified atom stereocenters. The van der Waals surface area contributed by atoms with Gasteiger partial charge in [0.05, 0.1) is 17.3 Å². The molecule has 8 nitrogen and oxygen atoms in total. The van der Waals surface area contributed by atoms with Gasteiger partial charge >= 0.3 is 0 Å². The number of nitrogens with one attached hydrogen (secondary N) is 1. The van der Waals surface area contributed by atoms with Crippen molar-refractivity contribution < 1.29 is 28.2 Å². The number of hydrazone groups is 1. The standard InChI is InChI=1S/C21H23BrFN3O5/c1-4-29-18-10-14(9-15(22)21(18)31-13-20(28)26(2)3)11-24-25-19(27)12-30-17-8-6-5-7-16(17)23/h5-11H,4,12-13H2,1-3H3,(H,25,27)/b24-11+. The molecule has 10 heteroatoms. The van der Waals surface area contributed by atoms with E-state index in [1.165, 1.54) is 29.3 Å². The number of hydrogen-bond acceptors (Lipinski definition) is 6. The van der Waals surface area contributed by atoms with E-state index in [4.69, 9.17) is 14.2 Å². The van der Waals surface area contributed by atoms with Gasteiger partial charge in [0.15, 0.2) is 36.3 Å². The molecule has 0 saturated heterocycles. The van der Waals surface area contributed by atoms with Crippen LogP contribution in [0.2, 0.25) is 0 Å². The number of nitrogens with zero attached hydrogens (tertiary/aromatic N) is 2. The maximum Gasteiger partial charge on any atom is 0.277 e. The lowest BCUT2D eigenvalue weighted by Crippen LogP contribution is -2.27. The van der Waals surface area contributed by atoms with Crippen molar-refractivity contribution in [1.82, 2.24) is 10.3 Å². The summed E-state index contributed by atoms with van der Waals surface area (Å²) in [6, 6.07) is 9.15. The molecule has 1 N–H and O–H groups in total. The van der Waals surface area contributed by atoms with E-state index in [1.807, 2.05) is 6.92 Å². The zero-order valence-corrected chi connectivity index (χ0v) is 18.9. The Hall–Kier alpha value is -3.14. The number of hydrogen-bond donors (Lipinski definition) is 1. The highest BCUT2D eigenvalue weighted by atomic mass is 79.9. The zero-order chi connectivity index (χ0) is 22.8. The van der Waals surface area contributed by atoms with E-state index in [-0.39, 0.29) is 18.3 Å². The van der Waals surface area contributed by atoms with Gasteiger partial charge in [-0.25, -0.2) is 9.82 Å². The van der Waals surface area contributed by atoms with Gasteiger partial charge in [0.1, 0.15) is 0 Å². The number of amides is 2. The number of benzene rings is 2. The first-order chi connectivity index (χ1) is 14.8. The summed E-state index contributed by atoms with van der Waals surface area (Å²) in [6.07, 6.45) is 1.41. The number of ether oxygens (including phenoxy) is 3. The molecule has 0 saturated carbocycles. The van der Waals surface area contributed by atoms with E-state index in [0.29, 0.717) is 28.1 Å². The van der Waals surface area contributed by atoms with Gasteiger partial charge in [0.2, 0.25) is 0 Å². The highest BCUT2D eigenvalue weighted by Gasteiger charge is 2.14. The lowest BCUT2D eigenvalue weighted by atomic mass is 10.2. The molecule has 2 aromatic carbocycles. The van der Waals surface area contributed by atoms with Crippen molar-refractivity contribution in [2.75, 3.05) is 33.9 Å². The van der Waals surface area contributed by atoms with E-state index in [2.05, 4.69) is 26.5 Å². The highest BCUT2D eigenvalue weighted by molar-refractivity contribution is 9.10. The summed E-state index contributed by atoms with van der Waals surface area (Å²) in [5, 5.41) is 3.87. The molecule has 0 bridgehead atoms. The van der Waals surface area contributed by atoms with Crippen LogP contribution in [0.5, 0.6) is 17.2 Å². The summed E-state index contributed by atoms with van der Waals surface area (Å²) in [5.74, 6) is -0.515. The van der Waals surface area contributed by atoms with E-state index in [0.717, 1.165) is 0 Å². The maximum atomic E-state index is 13.5. The molecule has 0 fully saturated rings. The molecule has 0 aromatic heterocycles. The van der Waals surface area contributed by atoms with E-state index in [1.54, 1.807) is 32.3 Å². The Bertz CT molecular complexity index is 953. The molecule has 0 atom stereocenters. The first kappa shape index (κ1) is 24.1. The number of halogens is 2. The number of para-hydroxylation sites is 1. The number of carbonyl (C=O) groups is 2. The Morgan fingerprint density at radius 3 is 2.55 bits per heavy atom. The van der Waals surface area contributed by atoms with Gasteiger partial charge in [-0.15, -0.1) is 0 Å². The van der Waals surface area contributed by atoms with Gasteiger partial charge < -0.3 is 19.1 Å². The van der Waals surface area contributed by atoms with E-state index in [9.17, 15) is 14.0 Å². The van der Waals surface area contributed by atoms with Crippen molar-refractivity contribution in [2.45, 2.75) is 6.92 Å². The minimum atomic E-state index is -0.554. The average Bonchev–Trinajstić information content (AvgIpc) is 2.72. The summed E-state index contributed by atoms with van der Waals surface area (Å²) in [4.78, 5) is 25.1. The van der Waals surface area contributed by atoms with Crippen molar-refractivity contribution >= 4 is 34.0 Å². The molecular formula is C21H23BrFN3O5. The van der Waals surface area contributed by atoms with Crippen molar-refractivity contribution in [2.24, 2.45) is 5.10 Å². The van der Waals surface area contributed by atoms with Gasteiger partial charge in [-0.2, -0.15) is 5.10 Å².